The molecule has 4 unspecified atom stereocenters. The summed E-state index contributed by atoms with van der Waals surface area (Å²) in [6.45, 7) is 5.78. The number of nitrogens with zero attached hydrogens (tertiary/aromatic N) is 1. The van der Waals surface area contributed by atoms with Crippen LogP contribution in [-0.2, 0) is 0 Å². The van der Waals surface area contributed by atoms with E-state index in [1.54, 1.807) is 0 Å². The average Bonchev–Trinajstić information content (AvgIpc) is 3.23. The van der Waals surface area contributed by atoms with Crippen LogP contribution in [0.3, 0.4) is 0 Å². The van der Waals surface area contributed by atoms with Crippen LogP contribution in [0, 0.1) is 23.7 Å². The molecule has 180 valence electrons. The van der Waals surface area contributed by atoms with Gasteiger partial charge in [-0.15, -0.1) is 0 Å². The Balaban J connectivity index is 1.30. The molecule has 4 atom stereocenters. The van der Waals surface area contributed by atoms with Crippen molar-refractivity contribution in [1.29, 1.82) is 0 Å². The normalized spacial score (nSPS) is 43.3. The van der Waals surface area contributed by atoms with Crippen LogP contribution in [-0.4, -0.2) is 55.1 Å². The van der Waals surface area contributed by atoms with E-state index in [2.05, 4.69) is 27.8 Å². The lowest BCUT2D eigenvalue weighted by Crippen LogP contribution is -2.69. The number of halogens is 3. The highest BCUT2D eigenvalue weighted by Crippen LogP contribution is 2.42. The summed E-state index contributed by atoms with van der Waals surface area (Å²) in [5.74, 6) is -1.15. The van der Waals surface area contributed by atoms with Crippen LogP contribution in [0.1, 0.15) is 78.1 Å². The smallest absolute Gasteiger partial charge is 0.248 e. The van der Waals surface area contributed by atoms with Crippen LogP contribution in [0.25, 0.3) is 0 Å². The topological polar surface area (TPSA) is 39.3 Å². The van der Waals surface area contributed by atoms with Gasteiger partial charge in [0.15, 0.2) is 6.17 Å². The number of rotatable bonds is 6. The maximum Gasteiger partial charge on any atom is 0.248 e. The average molecular weight is 445 g/mol. The molecule has 4 aliphatic rings. The molecule has 0 spiro atoms. The lowest BCUT2D eigenvalue weighted by Gasteiger charge is -2.45. The molecule has 0 amide bonds. The van der Waals surface area contributed by atoms with Gasteiger partial charge in [-0.3, -0.25) is 20.9 Å². The van der Waals surface area contributed by atoms with Crippen molar-refractivity contribution in [2.24, 2.45) is 23.7 Å². The van der Waals surface area contributed by atoms with Gasteiger partial charge in [0.05, 0.1) is 12.3 Å². The molecule has 0 bridgehead atoms. The van der Waals surface area contributed by atoms with Gasteiger partial charge in [-0.05, 0) is 82.6 Å². The first-order valence-corrected chi connectivity index (χ1v) is 12.8. The van der Waals surface area contributed by atoms with E-state index in [0.717, 1.165) is 51.6 Å². The van der Waals surface area contributed by atoms with E-state index in [-0.39, 0.29) is 12.3 Å². The molecule has 0 radical (unpaired) electrons. The van der Waals surface area contributed by atoms with Gasteiger partial charge in [-0.25, -0.2) is 13.2 Å². The summed E-state index contributed by atoms with van der Waals surface area (Å²) in [7, 11) is 0. The number of alkyl halides is 3. The van der Waals surface area contributed by atoms with Gasteiger partial charge >= 0.3 is 0 Å². The molecule has 31 heavy (non-hydrogen) atoms. The highest BCUT2D eigenvalue weighted by molar-refractivity contribution is 4.97. The number of likely N-dealkylation sites (tertiary alicyclic amines) is 1. The highest BCUT2D eigenvalue weighted by Gasteiger charge is 2.45. The molecule has 4 nitrogen and oxygen atoms in total. The van der Waals surface area contributed by atoms with Crippen LogP contribution in [0.4, 0.5) is 13.2 Å². The minimum Gasteiger partial charge on any atom is -0.299 e. The summed E-state index contributed by atoms with van der Waals surface area (Å²) in [6, 6.07) is 0.320. The monoisotopic (exact) mass is 444 g/mol. The zero-order chi connectivity index (χ0) is 22.0. The third-order valence-corrected chi connectivity index (χ3v) is 8.75. The maximum atomic E-state index is 15.6. The molecule has 7 heteroatoms. The van der Waals surface area contributed by atoms with Crippen molar-refractivity contribution in [3.05, 3.63) is 0 Å². The lowest BCUT2D eigenvalue weighted by atomic mass is 9.75. The van der Waals surface area contributed by atoms with Crippen molar-refractivity contribution in [2.45, 2.75) is 109 Å². The fourth-order valence-electron chi connectivity index (χ4n) is 6.67. The summed E-state index contributed by atoms with van der Waals surface area (Å²) in [5, 5.41) is 10.1. The van der Waals surface area contributed by atoms with Crippen LogP contribution in [0.15, 0.2) is 0 Å². The van der Waals surface area contributed by atoms with Crippen molar-refractivity contribution in [3.63, 3.8) is 0 Å². The molecule has 2 saturated heterocycles. The summed E-state index contributed by atoms with van der Waals surface area (Å²) >= 11 is 0. The van der Waals surface area contributed by atoms with Gasteiger partial charge in [0.1, 0.15) is 0 Å². The van der Waals surface area contributed by atoms with Crippen molar-refractivity contribution in [1.82, 2.24) is 20.9 Å². The van der Waals surface area contributed by atoms with E-state index in [1.165, 1.54) is 25.7 Å². The van der Waals surface area contributed by atoms with Crippen molar-refractivity contribution in [3.8, 4) is 0 Å². The SMILES string of the molecule is CC1CCC(CNC2NCNC(N3CCCC3C3CCC(C(C)(F)F)CC3)C2F)CC1. The van der Waals surface area contributed by atoms with E-state index in [1.807, 2.05) is 0 Å². The third kappa shape index (κ3) is 5.77. The van der Waals surface area contributed by atoms with Crippen molar-refractivity contribution < 1.29 is 13.2 Å². The highest BCUT2D eigenvalue weighted by atomic mass is 19.3. The van der Waals surface area contributed by atoms with E-state index >= 15 is 4.39 Å². The van der Waals surface area contributed by atoms with Gasteiger partial charge in [0, 0.05) is 25.2 Å². The van der Waals surface area contributed by atoms with Gasteiger partial charge in [-0.1, -0.05) is 19.8 Å². The molecular formula is C24H43F3N4. The van der Waals surface area contributed by atoms with Crippen LogP contribution in [0.2, 0.25) is 0 Å². The second-order valence-electron chi connectivity index (χ2n) is 11.0. The quantitative estimate of drug-likeness (QED) is 0.565. The molecule has 4 fully saturated rings. The molecule has 0 aromatic carbocycles. The Kier molecular flexibility index (Phi) is 7.88. The van der Waals surface area contributed by atoms with E-state index < -0.39 is 18.0 Å². The summed E-state index contributed by atoms with van der Waals surface area (Å²) in [5.41, 5.74) is 0. The molecular weight excluding hydrogens is 401 g/mol. The molecule has 2 heterocycles. The zero-order valence-corrected chi connectivity index (χ0v) is 19.4. The number of nitrogens with one attached hydrogen (secondary N) is 3. The maximum absolute atomic E-state index is 15.6. The largest absolute Gasteiger partial charge is 0.299 e. The molecule has 2 aliphatic heterocycles. The van der Waals surface area contributed by atoms with E-state index in [0.29, 0.717) is 37.4 Å². The lowest BCUT2D eigenvalue weighted by molar-refractivity contribution is -0.0653. The Morgan fingerprint density at radius 1 is 0.968 bits per heavy atom. The molecule has 2 saturated carbocycles. The second kappa shape index (κ2) is 10.3. The summed E-state index contributed by atoms with van der Waals surface area (Å²) in [6.07, 6.45) is 8.46. The Morgan fingerprint density at radius 3 is 2.35 bits per heavy atom. The van der Waals surface area contributed by atoms with Crippen molar-refractivity contribution >= 4 is 0 Å². The minimum absolute atomic E-state index is 0.289. The van der Waals surface area contributed by atoms with Gasteiger partial charge in [-0.2, -0.15) is 0 Å². The zero-order valence-electron chi connectivity index (χ0n) is 19.4. The second-order valence-corrected chi connectivity index (χ2v) is 11.0. The fourth-order valence-corrected chi connectivity index (χ4v) is 6.67. The minimum atomic E-state index is -2.57. The third-order valence-electron chi connectivity index (χ3n) is 8.75. The predicted molar refractivity (Wildman–Crippen MR) is 119 cm³/mol. The summed E-state index contributed by atoms with van der Waals surface area (Å²) < 4.78 is 43.0. The Morgan fingerprint density at radius 2 is 1.68 bits per heavy atom. The standard InChI is InChI=1S/C24H43F3N4/c1-16-5-7-17(8-6-16)14-28-22-21(25)23(30-15-29-22)31-13-3-4-20(31)18-9-11-19(12-10-18)24(2,26)27/h16-23,28-30H,3-15H2,1-2H3. The Bertz CT molecular complexity index is 556. The molecule has 3 N–H and O–H groups in total. The van der Waals surface area contributed by atoms with E-state index in [4.69, 9.17) is 0 Å². The van der Waals surface area contributed by atoms with Crippen molar-refractivity contribution in [2.75, 3.05) is 19.8 Å². The first kappa shape index (κ1) is 23.8. The van der Waals surface area contributed by atoms with Crippen LogP contribution < -0.4 is 16.0 Å². The molecule has 0 aromatic heterocycles. The summed E-state index contributed by atoms with van der Waals surface area (Å²) in [4.78, 5) is 2.33. The Hall–Kier alpha value is -0.370. The number of hydrogen-bond acceptors (Lipinski definition) is 4. The van der Waals surface area contributed by atoms with Crippen LogP contribution in [0.5, 0.6) is 0 Å². The molecule has 4 rings (SSSR count). The fraction of sp³-hybridized carbons (Fsp3) is 1.00. The predicted octanol–water partition coefficient (Wildman–Crippen LogP) is 4.47. The first-order chi connectivity index (χ1) is 14.8. The molecule has 0 aromatic rings. The van der Waals surface area contributed by atoms with E-state index in [9.17, 15) is 8.78 Å². The van der Waals surface area contributed by atoms with Crippen LogP contribution >= 0.6 is 0 Å². The Labute approximate surface area is 186 Å². The first-order valence-electron chi connectivity index (χ1n) is 12.8. The van der Waals surface area contributed by atoms with Gasteiger partial charge in [0.25, 0.3) is 0 Å². The van der Waals surface area contributed by atoms with Gasteiger partial charge in [0.2, 0.25) is 5.92 Å². The number of hydrogen-bond donors (Lipinski definition) is 3. The molecule has 2 aliphatic carbocycles. The van der Waals surface area contributed by atoms with Gasteiger partial charge < -0.3 is 0 Å².